The minimum absolute atomic E-state index is 0.0372. The highest BCUT2D eigenvalue weighted by molar-refractivity contribution is 5.91. The molecule has 7 nitrogen and oxygen atoms in total. The average molecular weight is 325 g/mol. The smallest absolute Gasteiger partial charge is 0.328 e. The summed E-state index contributed by atoms with van der Waals surface area (Å²) in [4.78, 5) is 38.4. The number of nitrogens with zero attached hydrogens (tertiary/aromatic N) is 1. The van der Waals surface area contributed by atoms with Gasteiger partial charge in [0, 0.05) is 25.6 Å². The zero-order chi connectivity index (χ0) is 16.8. The minimum atomic E-state index is -0.721. The maximum atomic E-state index is 12.8. The van der Waals surface area contributed by atoms with E-state index in [0.29, 0.717) is 19.6 Å². The van der Waals surface area contributed by atoms with Crippen molar-refractivity contribution >= 4 is 17.8 Å². The molecular formula is C16H27N3O4. The van der Waals surface area contributed by atoms with Crippen LogP contribution < -0.4 is 10.6 Å². The van der Waals surface area contributed by atoms with E-state index < -0.39 is 18.1 Å². The standard InChI is InChI=1S/C16H27N3O4/c1-11(16(22)23-2)18-14(20)13-10-17-8-9-19(13)15(21)12-6-4-3-5-7-12/h11-13,17H,3-10H2,1-2H3,(H,18,20)/t11-,13+/m1/s1. The number of carbonyl (C=O) groups excluding carboxylic acids is 3. The summed E-state index contributed by atoms with van der Waals surface area (Å²) >= 11 is 0. The van der Waals surface area contributed by atoms with E-state index >= 15 is 0 Å². The molecule has 1 heterocycles. The number of esters is 1. The van der Waals surface area contributed by atoms with Crippen LogP contribution in [0.2, 0.25) is 0 Å². The molecule has 0 radical (unpaired) electrons. The third-order valence-corrected chi connectivity index (χ3v) is 4.70. The molecule has 7 heteroatoms. The molecule has 0 bridgehead atoms. The Morgan fingerprint density at radius 2 is 1.91 bits per heavy atom. The highest BCUT2D eigenvalue weighted by atomic mass is 16.5. The summed E-state index contributed by atoms with van der Waals surface area (Å²) in [5.41, 5.74) is 0. The lowest BCUT2D eigenvalue weighted by atomic mass is 9.87. The van der Waals surface area contributed by atoms with Gasteiger partial charge in [-0.25, -0.2) is 4.79 Å². The molecule has 1 saturated heterocycles. The fraction of sp³-hybridized carbons (Fsp3) is 0.812. The van der Waals surface area contributed by atoms with Crippen LogP contribution in [0.25, 0.3) is 0 Å². The summed E-state index contributed by atoms with van der Waals surface area (Å²) in [6, 6.07) is -1.29. The van der Waals surface area contributed by atoms with Crippen LogP contribution in [0, 0.1) is 5.92 Å². The molecule has 2 aliphatic rings. The summed E-state index contributed by atoms with van der Waals surface area (Å²) < 4.78 is 4.62. The molecule has 2 fully saturated rings. The maximum absolute atomic E-state index is 12.8. The van der Waals surface area contributed by atoms with Crippen LogP contribution in [0.3, 0.4) is 0 Å². The van der Waals surface area contributed by atoms with Gasteiger partial charge in [0.2, 0.25) is 11.8 Å². The highest BCUT2D eigenvalue weighted by Gasteiger charge is 2.36. The van der Waals surface area contributed by atoms with E-state index in [1.807, 2.05) is 0 Å². The van der Waals surface area contributed by atoms with Gasteiger partial charge >= 0.3 is 5.97 Å². The number of nitrogens with one attached hydrogen (secondary N) is 2. The first-order chi connectivity index (χ1) is 11.0. The number of ether oxygens (including phenoxy) is 1. The molecule has 0 aromatic rings. The van der Waals surface area contributed by atoms with Gasteiger partial charge in [0.1, 0.15) is 12.1 Å². The number of rotatable bonds is 4. The Balaban J connectivity index is 2.00. The SMILES string of the molecule is COC(=O)[C@@H](C)NC(=O)[C@@H]1CNCCN1C(=O)C1CCCCC1. The zero-order valence-corrected chi connectivity index (χ0v) is 14.0. The lowest BCUT2D eigenvalue weighted by Crippen LogP contribution is -2.61. The number of carbonyl (C=O) groups is 3. The van der Waals surface area contributed by atoms with Crippen molar-refractivity contribution in [1.29, 1.82) is 0 Å². The number of hydrogen-bond acceptors (Lipinski definition) is 5. The Labute approximate surface area is 137 Å². The van der Waals surface area contributed by atoms with Gasteiger partial charge in [0.15, 0.2) is 0 Å². The normalized spacial score (nSPS) is 23.9. The van der Waals surface area contributed by atoms with Crippen molar-refractivity contribution in [2.24, 2.45) is 5.92 Å². The summed E-state index contributed by atoms with van der Waals surface area (Å²) in [5, 5.41) is 5.79. The molecule has 2 rings (SSSR count). The van der Waals surface area contributed by atoms with Crippen molar-refractivity contribution in [3.05, 3.63) is 0 Å². The number of hydrogen-bond donors (Lipinski definition) is 2. The van der Waals surface area contributed by atoms with Gasteiger partial charge in [-0.1, -0.05) is 19.3 Å². The second-order valence-electron chi connectivity index (χ2n) is 6.34. The van der Waals surface area contributed by atoms with Gasteiger partial charge in [-0.05, 0) is 19.8 Å². The molecule has 0 spiro atoms. The van der Waals surface area contributed by atoms with Crippen molar-refractivity contribution in [1.82, 2.24) is 15.5 Å². The van der Waals surface area contributed by atoms with Gasteiger partial charge in [-0.15, -0.1) is 0 Å². The third-order valence-electron chi connectivity index (χ3n) is 4.70. The monoisotopic (exact) mass is 325 g/mol. The van der Waals surface area contributed by atoms with Crippen molar-refractivity contribution < 1.29 is 19.1 Å². The molecule has 1 aliphatic carbocycles. The Morgan fingerprint density at radius 3 is 2.57 bits per heavy atom. The van der Waals surface area contributed by atoms with Crippen LogP contribution in [0.4, 0.5) is 0 Å². The van der Waals surface area contributed by atoms with Crippen molar-refractivity contribution in [2.45, 2.75) is 51.1 Å². The van der Waals surface area contributed by atoms with Crippen molar-refractivity contribution in [3.8, 4) is 0 Å². The van der Waals surface area contributed by atoms with Crippen molar-refractivity contribution in [2.75, 3.05) is 26.7 Å². The van der Waals surface area contributed by atoms with Crippen molar-refractivity contribution in [3.63, 3.8) is 0 Å². The molecule has 1 saturated carbocycles. The van der Waals surface area contributed by atoms with Crippen LogP contribution in [-0.2, 0) is 19.1 Å². The van der Waals surface area contributed by atoms with E-state index in [1.165, 1.54) is 13.5 Å². The molecule has 2 N–H and O–H groups in total. The summed E-state index contributed by atoms with van der Waals surface area (Å²) in [5.74, 6) is -0.682. The second kappa shape index (κ2) is 8.29. The molecule has 130 valence electrons. The van der Waals surface area contributed by atoms with Crippen LogP contribution in [0.15, 0.2) is 0 Å². The van der Waals surface area contributed by atoms with Crippen LogP contribution >= 0.6 is 0 Å². The predicted octanol–water partition coefficient (Wildman–Crippen LogP) is 0.0448. The fourth-order valence-corrected chi connectivity index (χ4v) is 3.33. The van der Waals surface area contributed by atoms with E-state index in [9.17, 15) is 14.4 Å². The maximum Gasteiger partial charge on any atom is 0.328 e. The third kappa shape index (κ3) is 4.43. The fourth-order valence-electron chi connectivity index (χ4n) is 3.33. The molecule has 1 aliphatic heterocycles. The first-order valence-electron chi connectivity index (χ1n) is 8.44. The van der Waals surface area contributed by atoms with Crippen LogP contribution in [0.5, 0.6) is 0 Å². The van der Waals surface area contributed by atoms with E-state index in [1.54, 1.807) is 11.8 Å². The average Bonchev–Trinajstić information content (AvgIpc) is 2.60. The first kappa shape index (κ1) is 17.7. The molecule has 0 aromatic heterocycles. The highest BCUT2D eigenvalue weighted by Crippen LogP contribution is 2.26. The molecular weight excluding hydrogens is 298 g/mol. The number of amides is 2. The quantitative estimate of drug-likeness (QED) is 0.713. The largest absolute Gasteiger partial charge is 0.467 e. The van der Waals surface area contributed by atoms with Gasteiger partial charge in [-0.2, -0.15) is 0 Å². The number of methoxy groups -OCH3 is 1. The second-order valence-corrected chi connectivity index (χ2v) is 6.34. The molecule has 0 aromatic carbocycles. The van der Waals surface area contributed by atoms with Crippen LogP contribution in [-0.4, -0.2) is 61.5 Å². The van der Waals surface area contributed by atoms with E-state index in [-0.39, 0.29) is 17.7 Å². The van der Waals surface area contributed by atoms with Crippen LogP contribution in [0.1, 0.15) is 39.0 Å². The predicted molar refractivity (Wildman–Crippen MR) is 84.6 cm³/mol. The lowest BCUT2D eigenvalue weighted by Gasteiger charge is -2.38. The van der Waals surface area contributed by atoms with Gasteiger partial charge in [0.05, 0.1) is 7.11 Å². The molecule has 2 atom stereocenters. The van der Waals surface area contributed by atoms with E-state index in [0.717, 1.165) is 25.7 Å². The topological polar surface area (TPSA) is 87.7 Å². The number of piperazine rings is 1. The lowest BCUT2D eigenvalue weighted by molar-refractivity contribution is -0.148. The Morgan fingerprint density at radius 1 is 1.22 bits per heavy atom. The summed E-state index contributed by atoms with van der Waals surface area (Å²) in [7, 11) is 1.28. The zero-order valence-electron chi connectivity index (χ0n) is 14.0. The molecule has 0 unspecified atom stereocenters. The van der Waals surface area contributed by atoms with E-state index in [2.05, 4.69) is 15.4 Å². The Bertz CT molecular complexity index is 449. The minimum Gasteiger partial charge on any atom is -0.467 e. The Kier molecular flexibility index (Phi) is 6.38. The summed E-state index contributed by atoms with van der Waals surface area (Å²) in [6.45, 7) is 3.21. The Hall–Kier alpha value is -1.63. The van der Waals surface area contributed by atoms with Gasteiger partial charge in [0.25, 0.3) is 0 Å². The molecule has 2 amide bonds. The van der Waals surface area contributed by atoms with Gasteiger partial charge in [-0.3, -0.25) is 9.59 Å². The van der Waals surface area contributed by atoms with Gasteiger partial charge < -0.3 is 20.3 Å². The molecule has 23 heavy (non-hydrogen) atoms. The summed E-state index contributed by atoms with van der Waals surface area (Å²) in [6.07, 6.45) is 5.18. The van der Waals surface area contributed by atoms with E-state index in [4.69, 9.17) is 0 Å². The first-order valence-corrected chi connectivity index (χ1v) is 8.44.